The molecule has 4 saturated carbocycles. The Hall–Kier alpha value is -1.64. The molecule has 0 aromatic carbocycles. The summed E-state index contributed by atoms with van der Waals surface area (Å²) in [6.45, 7) is 10.0. The van der Waals surface area contributed by atoms with Crippen LogP contribution < -0.4 is 0 Å². The van der Waals surface area contributed by atoms with E-state index in [1.54, 1.807) is 0 Å². The first kappa shape index (κ1) is 35.7. The highest BCUT2D eigenvalue weighted by atomic mass is 16.7. The second-order valence-corrected chi connectivity index (χ2v) is 18.1. The van der Waals surface area contributed by atoms with Crippen LogP contribution in [-0.2, 0) is 28.5 Å². The first-order valence-corrected chi connectivity index (χ1v) is 18.2. The summed E-state index contributed by atoms with van der Waals surface area (Å²) < 4.78 is 23.4. The van der Waals surface area contributed by atoms with Gasteiger partial charge in [0.15, 0.2) is 6.29 Å². The minimum absolute atomic E-state index is 0.00781. The molecule has 5 aliphatic carbocycles. The first-order chi connectivity index (χ1) is 22.9. The maximum atomic E-state index is 13.9. The van der Waals surface area contributed by atoms with Gasteiger partial charge in [0.05, 0.1) is 26.4 Å². The predicted octanol–water partition coefficient (Wildman–Crippen LogP) is 1.60. The van der Waals surface area contributed by atoms with Gasteiger partial charge in [0.25, 0.3) is 0 Å². The molecule has 12 nitrogen and oxygen atoms in total. The molecule has 0 radical (unpaired) electrons. The highest BCUT2D eigenvalue weighted by Crippen LogP contribution is 2.77. The van der Waals surface area contributed by atoms with Gasteiger partial charge in [-0.05, 0) is 90.8 Å². The number of esters is 2. The van der Waals surface area contributed by atoms with Crippen LogP contribution in [0.25, 0.3) is 0 Å². The van der Waals surface area contributed by atoms with E-state index in [2.05, 4.69) is 40.7 Å². The Morgan fingerprint density at radius 1 is 0.939 bits per heavy atom. The van der Waals surface area contributed by atoms with Crippen LogP contribution in [0.5, 0.6) is 0 Å². The van der Waals surface area contributed by atoms with E-state index in [1.165, 1.54) is 12.7 Å². The van der Waals surface area contributed by atoms with Crippen LogP contribution in [0.1, 0.15) is 86.0 Å². The minimum Gasteiger partial charge on any atom is -0.468 e. The van der Waals surface area contributed by atoms with Crippen molar-refractivity contribution in [2.24, 2.45) is 50.2 Å². The second kappa shape index (κ2) is 11.4. The maximum Gasteiger partial charge on any atom is 0.317 e. The lowest BCUT2D eigenvalue weighted by Crippen LogP contribution is -2.70. The number of carbonyl (C=O) groups is 2. The summed E-state index contributed by atoms with van der Waals surface area (Å²) in [5, 5.41) is 64.5. The average molecular weight is 693 g/mol. The highest BCUT2D eigenvalue weighted by molar-refractivity contribution is 5.82. The van der Waals surface area contributed by atoms with Crippen molar-refractivity contribution in [1.82, 2.24) is 0 Å². The number of hydrogen-bond donors (Lipinski definition) is 6. The fourth-order valence-electron chi connectivity index (χ4n) is 12.9. The zero-order valence-electron chi connectivity index (χ0n) is 29.6. The standard InChI is InChI=1S/C37H56O12/c1-32(2)11-12-36(30(44)46-6)19(13-32)18-7-8-22-33(3)14-20-28(49-29-27(43)26(42)25(41)21(16-38)47-29)37(17-39,31(45)48-20)23(33)9-10-34(22,4)35(18,5)15-24(36)40/h7,19-29,38-43H,8-17H2,1-6H3/t19-,20+,21-,22-,23+,24-,25-,26+,27-,28+,29+,33-,34-,35-,36-,37-/m1/s1. The number of aliphatic hydroxyl groups is 6. The molecular weight excluding hydrogens is 636 g/mol. The summed E-state index contributed by atoms with van der Waals surface area (Å²) in [4.78, 5) is 27.5. The molecule has 16 atom stereocenters. The van der Waals surface area contributed by atoms with Crippen molar-refractivity contribution < 1.29 is 59.2 Å². The van der Waals surface area contributed by atoms with Gasteiger partial charge in [-0.25, -0.2) is 0 Å². The van der Waals surface area contributed by atoms with Gasteiger partial charge in [-0.15, -0.1) is 0 Å². The lowest BCUT2D eigenvalue weighted by Gasteiger charge is -2.71. The SMILES string of the molecule is COC(=O)[C@]12CCC(C)(C)C[C@@H]1C1=CC[C@@H]3[C@@]4(C)C[C@@H]5OC(=O)[C@@](CO)([C@H]5O[C@@H]5O[C@H](CO)[C@@H](O)[C@H](O)[C@H]5O)[C@H]4CC[C@@]3(C)[C@]1(C)C[C@H]2O. The largest absolute Gasteiger partial charge is 0.468 e. The fourth-order valence-corrected chi connectivity index (χ4v) is 12.9. The fraction of sp³-hybridized carbons (Fsp3) is 0.892. The van der Waals surface area contributed by atoms with E-state index >= 15 is 0 Å². The second-order valence-electron chi connectivity index (χ2n) is 18.1. The normalized spacial score (nSPS) is 54.4. The van der Waals surface area contributed by atoms with Gasteiger partial charge < -0.3 is 49.6 Å². The third-order valence-electron chi connectivity index (χ3n) is 15.7. The van der Waals surface area contributed by atoms with Gasteiger partial charge in [0.1, 0.15) is 47.5 Å². The Morgan fingerprint density at radius 2 is 1.65 bits per heavy atom. The molecule has 6 fully saturated rings. The predicted molar refractivity (Wildman–Crippen MR) is 172 cm³/mol. The molecule has 0 unspecified atom stereocenters. The highest BCUT2D eigenvalue weighted by Gasteiger charge is 2.77. The van der Waals surface area contributed by atoms with Crippen molar-refractivity contribution in [3.8, 4) is 0 Å². The zero-order valence-corrected chi connectivity index (χ0v) is 29.6. The van der Waals surface area contributed by atoms with E-state index in [4.69, 9.17) is 18.9 Å². The third kappa shape index (κ3) is 4.44. The van der Waals surface area contributed by atoms with Crippen LogP contribution in [0.2, 0.25) is 0 Å². The van der Waals surface area contributed by atoms with Crippen molar-refractivity contribution in [3.63, 3.8) is 0 Å². The maximum absolute atomic E-state index is 13.9. The van der Waals surface area contributed by atoms with Crippen LogP contribution in [0.3, 0.4) is 0 Å². The van der Waals surface area contributed by atoms with E-state index in [0.717, 1.165) is 12.8 Å². The zero-order chi connectivity index (χ0) is 35.7. The number of ether oxygens (including phenoxy) is 4. The van der Waals surface area contributed by atoms with Crippen molar-refractivity contribution in [1.29, 1.82) is 0 Å². The van der Waals surface area contributed by atoms with Gasteiger partial charge in [-0.2, -0.15) is 0 Å². The summed E-state index contributed by atoms with van der Waals surface area (Å²) in [6, 6.07) is 0. The van der Waals surface area contributed by atoms with E-state index in [0.29, 0.717) is 38.5 Å². The molecule has 0 amide bonds. The number of rotatable bonds is 5. The quantitative estimate of drug-likeness (QED) is 0.139. The van der Waals surface area contributed by atoms with E-state index < -0.39 is 89.9 Å². The van der Waals surface area contributed by atoms with E-state index in [-0.39, 0.29) is 34.6 Å². The Morgan fingerprint density at radius 3 is 2.31 bits per heavy atom. The molecule has 12 heteroatoms. The Kier molecular flexibility index (Phi) is 8.34. The molecule has 276 valence electrons. The third-order valence-corrected chi connectivity index (χ3v) is 15.7. The number of hydrogen-bond acceptors (Lipinski definition) is 12. The summed E-state index contributed by atoms with van der Waals surface area (Å²) in [6.07, 6.45) is -2.87. The minimum atomic E-state index is -1.66. The summed E-state index contributed by atoms with van der Waals surface area (Å²) in [5.74, 6) is -1.38. The van der Waals surface area contributed by atoms with Crippen molar-refractivity contribution in [3.05, 3.63) is 11.6 Å². The number of carbonyl (C=O) groups excluding carboxylic acids is 2. The Labute approximate surface area is 288 Å². The van der Waals surface area contributed by atoms with Gasteiger partial charge in [-0.1, -0.05) is 46.3 Å². The molecule has 49 heavy (non-hydrogen) atoms. The van der Waals surface area contributed by atoms with Crippen LogP contribution in [-0.4, -0.2) is 112 Å². The molecule has 0 aromatic heterocycles. The summed E-state index contributed by atoms with van der Waals surface area (Å²) >= 11 is 0. The van der Waals surface area contributed by atoms with Crippen molar-refractivity contribution in [2.75, 3.05) is 20.3 Å². The monoisotopic (exact) mass is 692 g/mol. The number of methoxy groups -OCH3 is 1. The summed E-state index contributed by atoms with van der Waals surface area (Å²) in [5.41, 5.74) is -2.49. The van der Waals surface area contributed by atoms with Crippen LogP contribution in [0, 0.1) is 50.2 Å². The molecule has 0 aromatic rings. The molecular formula is C37H56O12. The Bertz CT molecular complexity index is 1400. The first-order valence-electron chi connectivity index (χ1n) is 18.2. The smallest absolute Gasteiger partial charge is 0.317 e. The van der Waals surface area contributed by atoms with Gasteiger partial charge >= 0.3 is 11.9 Å². The number of fused-ring (bicyclic) bond motifs is 10. The molecule has 2 aliphatic heterocycles. The molecule has 7 rings (SSSR count). The lowest BCUT2D eigenvalue weighted by atomic mass is 9.33. The molecule has 2 bridgehead atoms. The van der Waals surface area contributed by atoms with Crippen LogP contribution in [0.4, 0.5) is 0 Å². The number of allylic oxidation sites excluding steroid dienone is 2. The van der Waals surface area contributed by atoms with Gasteiger partial charge in [0.2, 0.25) is 0 Å². The van der Waals surface area contributed by atoms with Crippen LogP contribution in [0.15, 0.2) is 11.6 Å². The van der Waals surface area contributed by atoms with Gasteiger partial charge in [-0.3, -0.25) is 9.59 Å². The molecule has 0 spiro atoms. The van der Waals surface area contributed by atoms with Crippen LogP contribution >= 0.6 is 0 Å². The van der Waals surface area contributed by atoms with E-state index in [1.807, 2.05) is 0 Å². The summed E-state index contributed by atoms with van der Waals surface area (Å²) in [7, 11) is 1.41. The Balaban J connectivity index is 1.26. The topological polar surface area (TPSA) is 192 Å². The molecule has 6 N–H and O–H groups in total. The average Bonchev–Trinajstić information content (AvgIpc) is 3.24. The number of aliphatic hydroxyl groups excluding tert-OH is 6. The van der Waals surface area contributed by atoms with Gasteiger partial charge in [0, 0.05) is 0 Å². The molecule has 2 heterocycles. The van der Waals surface area contributed by atoms with E-state index in [9.17, 15) is 40.2 Å². The molecule has 2 saturated heterocycles. The lowest BCUT2D eigenvalue weighted by molar-refractivity contribution is -0.331. The van der Waals surface area contributed by atoms with Crippen molar-refractivity contribution >= 4 is 11.9 Å². The molecule has 7 aliphatic rings. The van der Waals surface area contributed by atoms with Crippen molar-refractivity contribution in [2.45, 2.75) is 135 Å².